The number of nitrogens with zero attached hydrogens (tertiary/aromatic N) is 1. The average molecular weight is 384 g/mol. The molecule has 2 fully saturated rings. The summed E-state index contributed by atoms with van der Waals surface area (Å²) in [5.41, 5.74) is 0.328. The van der Waals surface area contributed by atoms with Crippen molar-refractivity contribution in [3.05, 3.63) is 17.7 Å². The number of benzene rings is 1. The van der Waals surface area contributed by atoms with E-state index in [9.17, 15) is 13.6 Å². The van der Waals surface area contributed by atoms with Crippen molar-refractivity contribution in [2.24, 2.45) is 5.92 Å². The summed E-state index contributed by atoms with van der Waals surface area (Å²) in [5.74, 6) is 0.530. The van der Waals surface area contributed by atoms with Crippen molar-refractivity contribution < 1.29 is 27.8 Å². The van der Waals surface area contributed by atoms with E-state index in [1.807, 2.05) is 0 Å². The van der Waals surface area contributed by atoms with E-state index < -0.39 is 6.61 Å². The first kappa shape index (κ1) is 19.7. The molecule has 0 bridgehead atoms. The fourth-order valence-corrected chi connectivity index (χ4v) is 3.33. The minimum atomic E-state index is -3.02. The summed E-state index contributed by atoms with van der Waals surface area (Å²) in [6, 6.07) is 3.28. The van der Waals surface area contributed by atoms with Crippen LogP contribution in [-0.4, -0.2) is 57.3 Å². The standard InChI is InChI=1S/C19H26F2N2O4/c1-25-15-9-13(10-16(26-2)17(15)27-19(20)21)18(24)23-7-5-14(6-8-23)22-11-12-3-4-12/h9-10,12,14,19,22H,3-8,11H2,1-2H3. The number of nitrogens with one attached hydrogen (secondary N) is 1. The lowest BCUT2D eigenvalue weighted by molar-refractivity contribution is -0.0526. The van der Waals surface area contributed by atoms with Crippen LogP contribution in [0.2, 0.25) is 0 Å². The van der Waals surface area contributed by atoms with Gasteiger partial charge in [-0.15, -0.1) is 0 Å². The molecule has 1 aliphatic heterocycles. The summed E-state index contributed by atoms with van der Waals surface area (Å²) in [6.45, 7) is -0.641. The Hall–Kier alpha value is -2.09. The number of alkyl halides is 2. The Morgan fingerprint density at radius 1 is 1.15 bits per heavy atom. The van der Waals surface area contributed by atoms with Crippen LogP contribution in [0.1, 0.15) is 36.0 Å². The Bertz CT molecular complexity index is 634. The first-order valence-electron chi connectivity index (χ1n) is 9.25. The van der Waals surface area contributed by atoms with Gasteiger partial charge in [0.25, 0.3) is 5.91 Å². The number of carbonyl (C=O) groups excluding carboxylic acids is 1. The molecule has 0 spiro atoms. The molecule has 1 saturated carbocycles. The summed E-state index contributed by atoms with van der Waals surface area (Å²) in [4.78, 5) is 14.6. The SMILES string of the molecule is COc1cc(C(=O)N2CCC(NCC3CC3)CC2)cc(OC)c1OC(F)F. The highest BCUT2D eigenvalue weighted by atomic mass is 19.3. The van der Waals surface area contributed by atoms with E-state index in [4.69, 9.17) is 9.47 Å². The summed E-state index contributed by atoms with van der Waals surface area (Å²) >= 11 is 0. The van der Waals surface area contributed by atoms with E-state index in [0.717, 1.165) is 25.3 Å². The van der Waals surface area contributed by atoms with Crippen LogP contribution in [0.15, 0.2) is 12.1 Å². The van der Waals surface area contributed by atoms with Crippen LogP contribution in [-0.2, 0) is 0 Å². The normalized spacial score (nSPS) is 17.9. The zero-order chi connectivity index (χ0) is 19.4. The van der Waals surface area contributed by atoms with Gasteiger partial charge in [0, 0.05) is 24.7 Å². The third-order valence-corrected chi connectivity index (χ3v) is 5.09. The van der Waals surface area contributed by atoms with E-state index in [1.165, 1.54) is 39.2 Å². The Kier molecular flexibility index (Phi) is 6.36. The molecule has 27 heavy (non-hydrogen) atoms. The topological polar surface area (TPSA) is 60.0 Å². The summed E-state index contributed by atoms with van der Waals surface area (Å²) < 4.78 is 40.0. The average Bonchev–Trinajstić information content (AvgIpc) is 3.50. The van der Waals surface area contributed by atoms with Gasteiger partial charge in [0.15, 0.2) is 11.5 Å². The predicted molar refractivity (Wildman–Crippen MR) is 95.8 cm³/mol. The fourth-order valence-electron chi connectivity index (χ4n) is 3.33. The molecule has 0 radical (unpaired) electrons. The van der Waals surface area contributed by atoms with Crippen LogP contribution in [0.25, 0.3) is 0 Å². The molecule has 1 amide bonds. The summed E-state index contributed by atoms with van der Waals surface area (Å²) in [6.07, 6.45) is 4.44. The second kappa shape index (κ2) is 8.73. The highest BCUT2D eigenvalue weighted by molar-refractivity contribution is 5.95. The molecule has 150 valence electrons. The summed E-state index contributed by atoms with van der Waals surface area (Å²) in [5, 5.41) is 3.58. The van der Waals surface area contributed by atoms with Crippen LogP contribution in [0.4, 0.5) is 8.78 Å². The fraction of sp³-hybridized carbons (Fsp3) is 0.632. The number of ether oxygens (including phenoxy) is 3. The second-order valence-corrected chi connectivity index (χ2v) is 7.01. The first-order chi connectivity index (χ1) is 13.0. The molecule has 8 heteroatoms. The van der Waals surface area contributed by atoms with Gasteiger partial charge < -0.3 is 24.4 Å². The van der Waals surface area contributed by atoms with Gasteiger partial charge in [0.1, 0.15) is 0 Å². The van der Waals surface area contributed by atoms with E-state index in [2.05, 4.69) is 10.1 Å². The molecule has 1 N–H and O–H groups in total. The lowest BCUT2D eigenvalue weighted by Crippen LogP contribution is -2.45. The smallest absolute Gasteiger partial charge is 0.387 e. The molecule has 0 atom stereocenters. The van der Waals surface area contributed by atoms with Crippen LogP contribution in [0, 0.1) is 5.92 Å². The minimum Gasteiger partial charge on any atom is -0.493 e. The maximum absolute atomic E-state index is 12.9. The van der Waals surface area contributed by atoms with Crippen molar-refractivity contribution in [3.63, 3.8) is 0 Å². The molecule has 0 unspecified atom stereocenters. The first-order valence-corrected chi connectivity index (χ1v) is 9.25. The molecule has 6 nitrogen and oxygen atoms in total. The zero-order valence-electron chi connectivity index (χ0n) is 15.7. The quantitative estimate of drug-likeness (QED) is 0.747. The number of hydrogen-bond donors (Lipinski definition) is 1. The second-order valence-electron chi connectivity index (χ2n) is 7.01. The molecule has 1 saturated heterocycles. The van der Waals surface area contributed by atoms with Gasteiger partial charge >= 0.3 is 6.61 Å². The van der Waals surface area contributed by atoms with Crippen molar-refractivity contribution in [1.29, 1.82) is 0 Å². The maximum atomic E-state index is 12.9. The van der Waals surface area contributed by atoms with Gasteiger partial charge in [-0.3, -0.25) is 4.79 Å². The van der Waals surface area contributed by atoms with Gasteiger partial charge in [-0.1, -0.05) is 0 Å². The van der Waals surface area contributed by atoms with Crippen LogP contribution in [0.3, 0.4) is 0 Å². The number of methoxy groups -OCH3 is 2. The maximum Gasteiger partial charge on any atom is 0.387 e. The van der Waals surface area contributed by atoms with Crippen molar-refractivity contribution >= 4 is 5.91 Å². The van der Waals surface area contributed by atoms with Gasteiger partial charge in [-0.2, -0.15) is 8.78 Å². The van der Waals surface area contributed by atoms with Crippen LogP contribution in [0.5, 0.6) is 17.2 Å². The number of likely N-dealkylation sites (tertiary alicyclic amines) is 1. The molecular formula is C19H26F2N2O4. The number of rotatable bonds is 8. The van der Waals surface area contributed by atoms with E-state index in [-0.39, 0.29) is 23.2 Å². The Labute approximate surface area is 157 Å². The van der Waals surface area contributed by atoms with Crippen molar-refractivity contribution in [3.8, 4) is 17.2 Å². The van der Waals surface area contributed by atoms with Crippen LogP contribution < -0.4 is 19.5 Å². The lowest BCUT2D eigenvalue weighted by Gasteiger charge is -2.32. The molecule has 1 aliphatic carbocycles. The number of halogens is 2. The third kappa shape index (κ3) is 5.00. The number of carbonyl (C=O) groups is 1. The van der Waals surface area contributed by atoms with Crippen LogP contribution >= 0.6 is 0 Å². The largest absolute Gasteiger partial charge is 0.493 e. The highest BCUT2D eigenvalue weighted by Gasteiger charge is 2.28. The number of hydrogen-bond acceptors (Lipinski definition) is 5. The molecule has 2 aliphatic rings. The minimum absolute atomic E-state index is 0.0407. The zero-order valence-corrected chi connectivity index (χ0v) is 15.7. The molecule has 1 heterocycles. The Morgan fingerprint density at radius 3 is 2.22 bits per heavy atom. The Balaban J connectivity index is 1.67. The van der Waals surface area contributed by atoms with Crippen molar-refractivity contribution in [2.75, 3.05) is 33.9 Å². The van der Waals surface area contributed by atoms with E-state index in [0.29, 0.717) is 24.7 Å². The third-order valence-electron chi connectivity index (χ3n) is 5.09. The predicted octanol–water partition coefficient (Wildman–Crippen LogP) is 2.91. The molecular weight excluding hydrogens is 358 g/mol. The van der Waals surface area contributed by atoms with Crippen molar-refractivity contribution in [1.82, 2.24) is 10.2 Å². The number of piperidine rings is 1. The van der Waals surface area contributed by atoms with Crippen molar-refractivity contribution in [2.45, 2.75) is 38.3 Å². The molecule has 0 aromatic heterocycles. The van der Waals surface area contributed by atoms with Gasteiger partial charge in [-0.25, -0.2) is 0 Å². The molecule has 1 aromatic rings. The molecule has 1 aromatic carbocycles. The van der Waals surface area contributed by atoms with E-state index in [1.54, 1.807) is 4.90 Å². The summed E-state index contributed by atoms with van der Waals surface area (Å²) in [7, 11) is 2.66. The van der Waals surface area contributed by atoms with Gasteiger partial charge in [0.2, 0.25) is 5.75 Å². The van der Waals surface area contributed by atoms with Gasteiger partial charge in [0.05, 0.1) is 14.2 Å². The van der Waals surface area contributed by atoms with E-state index >= 15 is 0 Å². The van der Waals surface area contributed by atoms with Gasteiger partial charge in [-0.05, 0) is 50.3 Å². The number of amides is 1. The highest BCUT2D eigenvalue weighted by Crippen LogP contribution is 2.40. The molecule has 3 rings (SSSR count). The monoisotopic (exact) mass is 384 g/mol. The lowest BCUT2D eigenvalue weighted by atomic mass is 10.0. The Morgan fingerprint density at radius 2 is 1.74 bits per heavy atom.